The largest absolute Gasteiger partial charge is 0.355 e. The minimum atomic E-state index is 0.144. The molecule has 94 valence electrons. The van der Waals surface area contributed by atoms with Gasteiger partial charge in [-0.1, -0.05) is 0 Å². The number of amides is 1. The molecular weight excluding hydrogens is 216 g/mol. The summed E-state index contributed by atoms with van der Waals surface area (Å²) < 4.78 is 0. The van der Waals surface area contributed by atoms with Gasteiger partial charge in [-0.05, 0) is 18.8 Å². The highest BCUT2D eigenvalue weighted by atomic mass is 16.2. The highest BCUT2D eigenvalue weighted by Gasteiger charge is 2.23. The summed E-state index contributed by atoms with van der Waals surface area (Å²) in [5, 5.41) is 11.6. The van der Waals surface area contributed by atoms with Crippen molar-refractivity contribution in [1.29, 1.82) is 5.26 Å². The summed E-state index contributed by atoms with van der Waals surface area (Å²) in [6.45, 7) is 5.42. The van der Waals surface area contributed by atoms with Crippen molar-refractivity contribution in [2.45, 2.75) is 12.8 Å². The monoisotopic (exact) mass is 236 g/mol. The third-order valence-corrected chi connectivity index (χ3v) is 3.41. The van der Waals surface area contributed by atoms with Gasteiger partial charge in [-0.15, -0.1) is 0 Å². The summed E-state index contributed by atoms with van der Waals surface area (Å²) >= 11 is 0. The lowest BCUT2D eigenvalue weighted by molar-refractivity contribution is -0.122. The molecular formula is C12H20N4O. The average Bonchev–Trinajstić information content (AvgIpc) is 3.13. The van der Waals surface area contributed by atoms with Crippen LogP contribution in [0.4, 0.5) is 0 Å². The molecule has 0 spiro atoms. The molecule has 5 nitrogen and oxygen atoms in total. The highest BCUT2D eigenvalue weighted by Crippen LogP contribution is 2.27. The minimum Gasteiger partial charge on any atom is -0.355 e. The van der Waals surface area contributed by atoms with Crippen LogP contribution in [0.15, 0.2) is 0 Å². The molecule has 2 aliphatic rings. The maximum Gasteiger partial charge on any atom is 0.234 e. The van der Waals surface area contributed by atoms with Gasteiger partial charge in [0.1, 0.15) is 0 Å². The van der Waals surface area contributed by atoms with Crippen LogP contribution in [0.25, 0.3) is 0 Å². The van der Waals surface area contributed by atoms with Gasteiger partial charge >= 0.3 is 0 Å². The standard InChI is InChI=1S/C12H20N4O/c13-3-4-15-5-7-16(8-6-15)10-12(17)14-9-11-1-2-11/h11H,1-2,4-10H2,(H,14,17). The van der Waals surface area contributed by atoms with Gasteiger partial charge in [0.15, 0.2) is 0 Å². The van der Waals surface area contributed by atoms with Crippen LogP contribution in [0.3, 0.4) is 0 Å². The molecule has 0 radical (unpaired) electrons. The van der Waals surface area contributed by atoms with Crippen LogP contribution in [0.1, 0.15) is 12.8 Å². The topological polar surface area (TPSA) is 59.4 Å². The fourth-order valence-corrected chi connectivity index (χ4v) is 2.04. The minimum absolute atomic E-state index is 0.144. The molecule has 5 heteroatoms. The number of hydrogen-bond donors (Lipinski definition) is 1. The SMILES string of the molecule is N#CCN1CCN(CC(=O)NCC2CC2)CC1. The van der Waals surface area contributed by atoms with Crippen LogP contribution in [-0.2, 0) is 4.79 Å². The Kier molecular flexibility index (Phi) is 4.35. The van der Waals surface area contributed by atoms with E-state index in [0.29, 0.717) is 13.1 Å². The van der Waals surface area contributed by atoms with Crippen molar-refractivity contribution < 1.29 is 4.79 Å². The lowest BCUT2D eigenvalue weighted by Crippen LogP contribution is -2.49. The molecule has 1 aliphatic carbocycles. The number of nitrogens with zero attached hydrogens (tertiary/aromatic N) is 3. The first-order valence-electron chi connectivity index (χ1n) is 6.36. The number of carbonyl (C=O) groups excluding carboxylic acids is 1. The fraction of sp³-hybridized carbons (Fsp3) is 0.833. The maximum absolute atomic E-state index is 11.6. The van der Waals surface area contributed by atoms with Gasteiger partial charge in [0.25, 0.3) is 0 Å². The molecule has 1 heterocycles. The van der Waals surface area contributed by atoms with Crippen LogP contribution >= 0.6 is 0 Å². The van der Waals surface area contributed by atoms with E-state index in [-0.39, 0.29) is 5.91 Å². The molecule has 2 fully saturated rings. The van der Waals surface area contributed by atoms with Crippen LogP contribution in [0.2, 0.25) is 0 Å². The van der Waals surface area contributed by atoms with Gasteiger partial charge in [0.05, 0.1) is 19.2 Å². The Bertz CT molecular complexity index is 300. The molecule has 0 atom stereocenters. The lowest BCUT2D eigenvalue weighted by atomic mass is 10.3. The van der Waals surface area contributed by atoms with E-state index in [1.54, 1.807) is 0 Å². The molecule has 1 saturated heterocycles. The number of nitrogens with one attached hydrogen (secondary N) is 1. The number of nitriles is 1. The highest BCUT2D eigenvalue weighted by molar-refractivity contribution is 5.78. The van der Waals surface area contributed by atoms with Gasteiger partial charge in [-0.3, -0.25) is 14.6 Å². The van der Waals surface area contributed by atoms with Crippen molar-refractivity contribution in [3.05, 3.63) is 0 Å². The average molecular weight is 236 g/mol. The molecule has 1 saturated carbocycles. The quantitative estimate of drug-likeness (QED) is 0.663. The normalized spacial score (nSPS) is 22.1. The third-order valence-electron chi connectivity index (χ3n) is 3.41. The van der Waals surface area contributed by atoms with E-state index in [4.69, 9.17) is 5.26 Å². The zero-order valence-electron chi connectivity index (χ0n) is 10.2. The summed E-state index contributed by atoms with van der Waals surface area (Å²) in [4.78, 5) is 15.9. The first-order chi connectivity index (χ1) is 8.28. The van der Waals surface area contributed by atoms with Crippen LogP contribution in [0, 0.1) is 17.2 Å². The first-order valence-corrected chi connectivity index (χ1v) is 6.36. The van der Waals surface area contributed by atoms with E-state index >= 15 is 0 Å². The molecule has 0 unspecified atom stereocenters. The predicted molar refractivity (Wildman–Crippen MR) is 64.2 cm³/mol. The molecule has 1 N–H and O–H groups in total. The molecule has 17 heavy (non-hydrogen) atoms. The number of rotatable bonds is 5. The second-order valence-electron chi connectivity index (χ2n) is 4.96. The Morgan fingerprint density at radius 1 is 1.24 bits per heavy atom. The van der Waals surface area contributed by atoms with Crippen LogP contribution in [-0.4, -0.2) is 61.5 Å². The van der Waals surface area contributed by atoms with Crippen LogP contribution < -0.4 is 5.32 Å². The van der Waals surface area contributed by atoms with Crippen molar-refractivity contribution in [2.75, 3.05) is 45.8 Å². The van der Waals surface area contributed by atoms with Gasteiger partial charge in [0, 0.05) is 32.7 Å². The Balaban J connectivity index is 1.59. The Hall–Kier alpha value is -1.12. The fourth-order valence-electron chi connectivity index (χ4n) is 2.04. The molecule has 2 rings (SSSR count). The summed E-state index contributed by atoms with van der Waals surface area (Å²) in [5.41, 5.74) is 0. The smallest absolute Gasteiger partial charge is 0.234 e. The number of piperazine rings is 1. The van der Waals surface area contributed by atoms with Crippen molar-refractivity contribution >= 4 is 5.91 Å². The summed E-state index contributed by atoms with van der Waals surface area (Å²) in [7, 11) is 0. The molecule has 0 aromatic rings. The zero-order valence-corrected chi connectivity index (χ0v) is 10.2. The van der Waals surface area contributed by atoms with Crippen molar-refractivity contribution in [1.82, 2.24) is 15.1 Å². The number of carbonyl (C=O) groups is 1. The Labute approximate surface area is 102 Å². The summed E-state index contributed by atoms with van der Waals surface area (Å²) in [6.07, 6.45) is 2.54. The number of hydrogen-bond acceptors (Lipinski definition) is 4. The second-order valence-corrected chi connectivity index (χ2v) is 4.96. The molecule has 0 bridgehead atoms. The van der Waals surface area contributed by atoms with Crippen LogP contribution in [0.5, 0.6) is 0 Å². The summed E-state index contributed by atoms with van der Waals surface area (Å²) in [5.74, 6) is 0.886. The predicted octanol–water partition coefficient (Wildman–Crippen LogP) is -0.346. The van der Waals surface area contributed by atoms with Gasteiger partial charge in [-0.2, -0.15) is 5.26 Å². The van der Waals surface area contributed by atoms with Gasteiger partial charge < -0.3 is 5.32 Å². The third kappa shape index (κ3) is 4.33. The van der Waals surface area contributed by atoms with Gasteiger partial charge in [-0.25, -0.2) is 0 Å². The lowest BCUT2D eigenvalue weighted by Gasteiger charge is -2.32. The van der Waals surface area contributed by atoms with E-state index in [1.807, 2.05) is 0 Å². The Morgan fingerprint density at radius 3 is 2.47 bits per heavy atom. The Morgan fingerprint density at radius 2 is 1.88 bits per heavy atom. The van der Waals surface area contributed by atoms with E-state index in [0.717, 1.165) is 38.6 Å². The zero-order chi connectivity index (χ0) is 12.1. The first kappa shape index (κ1) is 12.3. The maximum atomic E-state index is 11.6. The van der Waals surface area contributed by atoms with Gasteiger partial charge in [0.2, 0.25) is 5.91 Å². The molecule has 1 aliphatic heterocycles. The molecule has 1 amide bonds. The van der Waals surface area contributed by atoms with Crippen molar-refractivity contribution in [3.63, 3.8) is 0 Å². The van der Waals surface area contributed by atoms with E-state index in [9.17, 15) is 4.79 Å². The van der Waals surface area contributed by atoms with E-state index < -0.39 is 0 Å². The van der Waals surface area contributed by atoms with E-state index in [2.05, 4.69) is 21.2 Å². The molecule has 0 aromatic carbocycles. The second kappa shape index (κ2) is 5.99. The van der Waals surface area contributed by atoms with E-state index in [1.165, 1.54) is 12.8 Å². The van der Waals surface area contributed by atoms with Crippen molar-refractivity contribution in [3.8, 4) is 6.07 Å². The van der Waals surface area contributed by atoms with Crippen molar-refractivity contribution in [2.24, 2.45) is 5.92 Å². The molecule has 0 aromatic heterocycles. The summed E-state index contributed by atoms with van der Waals surface area (Å²) in [6, 6.07) is 2.16.